The molecule has 0 bridgehead atoms. The molecule has 1 amide bonds. The van der Waals surface area contributed by atoms with Crippen LogP contribution in [0.2, 0.25) is 0 Å². The van der Waals surface area contributed by atoms with Crippen LogP contribution in [-0.2, 0) is 11.3 Å². The minimum Gasteiger partial charge on any atom is -0.508 e. The van der Waals surface area contributed by atoms with Crippen molar-refractivity contribution in [3.05, 3.63) is 54.9 Å². The average molecular weight is 388 g/mol. The standard InChI is InChI=1S/C23H24N4O2/c28-21-9-7-18(8-10-21)17-1-3-19(4-2-17)22-25-24-15-27(22)14-16-11-12-26(13-16)23(29)20-5-6-20/h1-4,7-10,15-16,20,28H,5-6,11-14H2. The second kappa shape index (κ2) is 7.35. The first-order valence-corrected chi connectivity index (χ1v) is 10.2. The van der Waals surface area contributed by atoms with Crippen LogP contribution >= 0.6 is 0 Å². The molecule has 1 saturated heterocycles. The number of phenols is 1. The normalized spacial score (nSPS) is 18.9. The Kier molecular flexibility index (Phi) is 4.54. The lowest BCUT2D eigenvalue weighted by atomic mass is 10.0. The molecule has 2 heterocycles. The van der Waals surface area contributed by atoms with Gasteiger partial charge in [-0.1, -0.05) is 36.4 Å². The molecule has 0 spiro atoms. The molecule has 1 N–H and O–H groups in total. The van der Waals surface area contributed by atoms with Gasteiger partial charge >= 0.3 is 0 Å². The third-order valence-electron chi connectivity index (χ3n) is 5.94. The third kappa shape index (κ3) is 3.75. The van der Waals surface area contributed by atoms with Crippen molar-refractivity contribution in [1.29, 1.82) is 0 Å². The number of phenolic OH excluding ortho intramolecular Hbond substituents is 1. The fraction of sp³-hybridized carbons (Fsp3) is 0.348. The molecular formula is C23H24N4O2. The summed E-state index contributed by atoms with van der Waals surface area (Å²) in [5.41, 5.74) is 3.17. The second-order valence-electron chi connectivity index (χ2n) is 8.14. The van der Waals surface area contributed by atoms with Crippen LogP contribution in [0.5, 0.6) is 5.75 Å². The van der Waals surface area contributed by atoms with Gasteiger partial charge in [-0.2, -0.15) is 0 Å². The molecule has 6 nitrogen and oxygen atoms in total. The summed E-state index contributed by atoms with van der Waals surface area (Å²) < 4.78 is 2.10. The number of hydrogen-bond acceptors (Lipinski definition) is 4. The van der Waals surface area contributed by atoms with E-state index in [9.17, 15) is 9.90 Å². The lowest BCUT2D eigenvalue weighted by Crippen LogP contribution is -2.30. The van der Waals surface area contributed by atoms with Crippen molar-refractivity contribution >= 4 is 5.91 Å². The zero-order valence-corrected chi connectivity index (χ0v) is 16.2. The summed E-state index contributed by atoms with van der Waals surface area (Å²) >= 11 is 0. The van der Waals surface area contributed by atoms with Crippen molar-refractivity contribution in [2.24, 2.45) is 11.8 Å². The zero-order valence-electron chi connectivity index (χ0n) is 16.2. The largest absolute Gasteiger partial charge is 0.508 e. The molecule has 1 saturated carbocycles. The van der Waals surface area contributed by atoms with E-state index in [1.807, 2.05) is 17.0 Å². The van der Waals surface area contributed by atoms with Gasteiger partial charge in [-0.05, 0) is 48.4 Å². The van der Waals surface area contributed by atoms with Crippen LogP contribution in [-0.4, -0.2) is 43.8 Å². The SMILES string of the molecule is O=C(C1CC1)N1CCC(Cn2cnnc2-c2ccc(-c3ccc(O)cc3)cc2)C1. The van der Waals surface area contributed by atoms with E-state index < -0.39 is 0 Å². The Morgan fingerprint density at radius 1 is 0.966 bits per heavy atom. The van der Waals surface area contributed by atoms with E-state index in [4.69, 9.17) is 0 Å². The summed E-state index contributed by atoms with van der Waals surface area (Å²) in [5.74, 6) is 2.22. The quantitative estimate of drug-likeness (QED) is 0.725. The van der Waals surface area contributed by atoms with E-state index >= 15 is 0 Å². The molecular weight excluding hydrogens is 364 g/mol. The highest BCUT2D eigenvalue weighted by atomic mass is 16.3. The van der Waals surface area contributed by atoms with Crippen LogP contribution in [0.25, 0.3) is 22.5 Å². The zero-order chi connectivity index (χ0) is 19.8. The number of nitrogens with zero attached hydrogens (tertiary/aromatic N) is 4. The van der Waals surface area contributed by atoms with Crippen LogP contribution in [0.3, 0.4) is 0 Å². The van der Waals surface area contributed by atoms with Gasteiger partial charge in [0.2, 0.25) is 5.91 Å². The van der Waals surface area contributed by atoms with E-state index in [2.05, 4.69) is 39.0 Å². The molecule has 5 rings (SSSR count). The molecule has 148 valence electrons. The molecule has 0 radical (unpaired) electrons. The number of amides is 1. The monoisotopic (exact) mass is 388 g/mol. The number of benzene rings is 2. The topological polar surface area (TPSA) is 71.2 Å². The van der Waals surface area contributed by atoms with Crippen molar-refractivity contribution in [1.82, 2.24) is 19.7 Å². The van der Waals surface area contributed by atoms with Gasteiger partial charge in [0.05, 0.1) is 0 Å². The van der Waals surface area contributed by atoms with Gasteiger partial charge < -0.3 is 14.6 Å². The van der Waals surface area contributed by atoms with Gasteiger partial charge in [0.1, 0.15) is 12.1 Å². The van der Waals surface area contributed by atoms with Gasteiger partial charge in [0, 0.05) is 31.1 Å². The molecule has 29 heavy (non-hydrogen) atoms. The van der Waals surface area contributed by atoms with Crippen LogP contribution in [0, 0.1) is 11.8 Å². The number of aromatic nitrogens is 3. The average Bonchev–Trinajstić information content (AvgIpc) is 3.32. The molecule has 1 aliphatic carbocycles. The summed E-state index contributed by atoms with van der Waals surface area (Å²) in [7, 11) is 0. The van der Waals surface area contributed by atoms with E-state index in [1.54, 1.807) is 18.5 Å². The molecule has 1 aliphatic heterocycles. The Morgan fingerprint density at radius 2 is 1.62 bits per heavy atom. The van der Waals surface area contributed by atoms with E-state index in [-0.39, 0.29) is 5.75 Å². The van der Waals surface area contributed by atoms with Crippen molar-refractivity contribution in [2.45, 2.75) is 25.8 Å². The summed E-state index contributed by atoms with van der Waals surface area (Å²) in [6.45, 7) is 2.54. The smallest absolute Gasteiger partial charge is 0.225 e. The molecule has 2 fully saturated rings. The summed E-state index contributed by atoms with van der Waals surface area (Å²) in [5, 5.41) is 17.9. The third-order valence-corrected chi connectivity index (χ3v) is 5.94. The second-order valence-corrected chi connectivity index (χ2v) is 8.14. The lowest BCUT2D eigenvalue weighted by Gasteiger charge is -2.17. The molecule has 6 heteroatoms. The number of carbonyl (C=O) groups is 1. The fourth-order valence-electron chi connectivity index (χ4n) is 4.13. The van der Waals surface area contributed by atoms with Gasteiger partial charge in [0.25, 0.3) is 0 Å². The minimum absolute atomic E-state index is 0.266. The van der Waals surface area contributed by atoms with Crippen molar-refractivity contribution in [3.8, 4) is 28.3 Å². The van der Waals surface area contributed by atoms with Gasteiger partial charge in [-0.15, -0.1) is 10.2 Å². The maximum atomic E-state index is 12.3. The molecule has 1 unspecified atom stereocenters. The van der Waals surface area contributed by atoms with Crippen LogP contribution in [0.15, 0.2) is 54.9 Å². The molecule has 1 atom stereocenters. The van der Waals surface area contributed by atoms with Crippen LogP contribution in [0.4, 0.5) is 0 Å². The van der Waals surface area contributed by atoms with Gasteiger partial charge in [-0.25, -0.2) is 0 Å². The number of rotatable bonds is 5. The summed E-state index contributed by atoms with van der Waals surface area (Å²) in [6, 6.07) is 15.4. The lowest BCUT2D eigenvalue weighted by molar-refractivity contribution is -0.131. The Bertz CT molecular complexity index is 1010. The first-order valence-electron chi connectivity index (χ1n) is 10.2. The minimum atomic E-state index is 0.266. The van der Waals surface area contributed by atoms with E-state index in [1.165, 1.54) is 0 Å². The molecule has 2 aromatic carbocycles. The Labute approximate surface area is 169 Å². The van der Waals surface area contributed by atoms with Crippen molar-refractivity contribution in [3.63, 3.8) is 0 Å². The number of hydrogen-bond donors (Lipinski definition) is 1. The number of aromatic hydroxyl groups is 1. The van der Waals surface area contributed by atoms with Crippen LogP contribution in [0.1, 0.15) is 19.3 Å². The Morgan fingerprint density at radius 3 is 2.31 bits per heavy atom. The molecule has 2 aliphatic rings. The Hall–Kier alpha value is -3.15. The van der Waals surface area contributed by atoms with Crippen molar-refractivity contribution in [2.75, 3.05) is 13.1 Å². The fourth-order valence-corrected chi connectivity index (χ4v) is 4.13. The Balaban J connectivity index is 1.29. The molecule has 3 aromatic rings. The summed E-state index contributed by atoms with van der Waals surface area (Å²) in [4.78, 5) is 14.3. The highest BCUT2D eigenvalue weighted by Crippen LogP contribution is 2.33. The summed E-state index contributed by atoms with van der Waals surface area (Å²) in [6.07, 6.45) is 4.95. The maximum absolute atomic E-state index is 12.3. The maximum Gasteiger partial charge on any atom is 0.225 e. The van der Waals surface area contributed by atoms with Crippen molar-refractivity contribution < 1.29 is 9.90 Å². The highest BCUT2D eigenvalue weighted by molar-refractivity contribution is 5.81. The molecule has 1 aromatic heterocycles. The van der Waals surface area contributed by atoms with E-state index in [0.29, 0.717) is 17.7 Å². The van der Waals surface area contributed by atoms with E-state index in [0.717, 1.165) is 61.4 Å². The predicted octanol–water partition coefficient (Wildman–Crippen LogP) is 3.58. The number of likely N-dealkylation sites (tertiary alicyclic amines) is 1. The highest BCUT2D eigenvalue weighted by Gasteiger charge is 2.36. The first kappa shape index (κ1) is 17.9. The number of carbonyl (C=O) groups excluding carboxylic acids is 1. The van der Waals surface area contributed by atoms with Gasteiger partial charge in [0.15, 0.2) is 5.82 Å². The van der Waals surface area contributed by atoms with Gasteiger partial charge in [-0.3, -0.25) is 4.79 Å². The van der Waals surface area contributed by atoms with Crippen LogP contribution < -0.4 is 0 Å². The predicted molar refractivity (Wildman–Crippen MR) is 110 cm³/mol. The first-order chi connectivity index (χ1) is 14.2.